The quantitative estimate of drug-likeness (QED) is 0.616. The Hall–Kier alpha value is -2.94. The molecule has 1 aliphatic heterocycles. The van der Waals surface area contributed by atoms with Crippen LogP contribution in [0.15, 0.2) is 40.5 Å². The van der Waals surface area contributed by atoms with E-state index >= 15 is 0 Å². The van der Waals surface area contributed by atoms with E-state index in [2.05, 4.69) is 20.6 Å². The van der Waals surface area contributed by atoms with Crippen molar-refractivity contribution in [2.24, 2.45) is 10.2 Å². The molecule has 1 unspecified atom stereocenters. The minimum absolute atomic E-state index is 0.243. The molecule has 134 valence electrons. The van der Waals surface area contributed by atoms with Crippen molar-refractivity contribution in [1.29, 1.82) is 0 Å². The van der Waals surface area contributed by atoms with Crippen LogP contribution in [0.2, 0.25) is 0 Å². The number of benzene rings is 1. The lowest BCUT2D eigenvalue weighted by Crippen LogP contribution is -2.26. The molecule has 1 aromatic heterocycles. The average Bonchev–Trinajstić information content (AvgIpc) is 3.09. The largest absolute Gasteiger partial charge is 0.481 e. The number of hydrogen-bond acceptors (Lipinski definition) is 6. The summed E-state index contributed by atoms with van der Waals surface area (Å²) in [5.74, 6) is -1.38. The first-order valence-electron chi connectivity index (χ1n) is 7.86. The lowest BCUT2D eigenvalue weighted by atomic mass is 10.2. The Labute approximate surface area is 154 Å². The van der Waals surface area contributed by atoms with Gasteiger partial charge in [-0.15, -0.1) is 5.10 Å². The number of carboxylic acids is 1. The van der Waals surface area contributed by atoms with Crippen LogP contribution >= 0.6 is 11.8 Å². The maximum Gasteiger partial charge on any atom is 0.305 e. The molecule has 1 aliphatic rings. The second-order valence-corrected chi connectivity index (χ2v) is 6.97. The molecule has 8 nitrogen and oxygen atoms in total. The van der Waals surface area contributed by atoms with Gasteiger partial charge in [-0.1, -0.05) is 23.9 Å². The fraction of sp³-hybridized carbons (Fsp3) is 0.235. The molecule has 1 amide bonds. The van der Waals surface area contributed by atoms with Crippen LogP contribution in [-0.2, 0) is 9.59 Å². The monoisotopic (exact) mass is 371 g/mol. The van der Waals surface area contributed by atoms with Crippen molar-refractivity contribution < 1.29 is 14.7 Å². The number of carbonyl (C=O) groups excluding carboxylic acids is 1. The summed E-state index contributed by atoms with van der Waals surface area (Å²) in [5, 5.41) is 23.2. The standard InChI is InChI=1S/C17H17N5O3S/c1-10-7-11(2)22(21-10)13-5-3-12(4-6-13)9-18-20-17-19-16(25)14(26-17)8-15(23)24/h3-7,9,14H,8H2,1-2H3,(H,23,24)(H,19,20,25). The Balaban J connectivity index is 1.65. The third kappa shape index (κ3) is 4.17. The second kappa shape index (κ2) is 7.52. The van der Waals surface area contributed by atoms with Gasteiger partial charge in [-0.2, -0.15) is 10.2 Å². The summed E-state index contributed by atoms with van der Waals surface area (Å²) >= 11 is 1.07. The molecule has 3 rings (SSSR count). The number of aromatic nitrogens is 2. The third-order valence-corrected chi connectivity index (χ3v) is 4.71. The number of hydrogen-bond donors (Lipinski definition) is 2. The lowest BCUT2D eigenvalue weighted by Gasteiger charge is -2.04. The van der Waals surface area contributed by atoms with Gasteiger partial charge in [-0.05, 0) is 37.6 Å². The first kappa shape index (κ1) is 17.9. The summed E-state index contributed by atoms with van der Waals surface area (Å²) < 4.78 is 1.86. The minimum Gasteiger partial charge on any atom is -0.481 e. The molecular weight excluding hydrogens is 354 g/mol. The van der Waals surface area contributed by atoms with E-state index in [1.165, 1.54) is 0 Å². The van der Waals surface area contributed by atoms with Gasteiger partial charge in [0, 0.05) is 5.69 Å². The molecule has 1 saturated heterocycles. The second-order valence-electron chi connectivity index (χ2n) is 5.77. The van der Waals surface area contributed by atoms with E-state index in [9.17, 15) is 9.59 Å². The molecule has 0 bridgehead atoms. The van der Waals surface area contributed by atoms with Gasteiger partial charge in [-0.3, -0.25) is 9.59 Å². The van der Waals surface area contributed by atoms with E-state index in [0.29, 0.717) is 5.17 Å². The molecule has 2 heterocycles. The normalized spacial score (nSPS) is 18.6. The fourth-order valence-corrected chi connectivity index (χ4v) is 3.40. The number of aliphatic carboxylic acids is 1. The Bertz CT molecular complexity index is 902. The van der Waals surface area contributed by atoms with Crippen LogP contribution < -0.4 is 5.32 Å². The van der Waals surface area contributed by atoms with Gasteiger partial charge in [0.15, 0.2) is 5.17 Å². The Morgan fingerprint density at radius 3 is 2.73 bits per heavy atom. The molecule has 9 heteroatoms. The molecule has 0 spiro atoms. The van der Waals surface area contributed by atoms with E-state index < -0.39 is 11.2 Å². The Morgan fingerprint density at radius 2 is 2.12 bits per heavy atom. The number of aryl methyl sites for hydroxylation is 2. The lowest BCUT2D eigenvalue weighted by molar-refractivity contribution is -0.138. The topological polar surface area (TPSA) is 109 Å². The number of amidine groups is 1. The third-order valence-electron chi connectivity index (χ3n) is 3.64. The molecule has 0 radical (unpaired) electrons. The first-order chi connectivity index (χ1) is 12.4. The van der Waals surface area contributed by atoms with Gasteiger partial charge in [0.05, 0.1) is 24.0 Å². The summed E-state index contributed by atoms with van der Waals surface area (Å²) in [5.41, 5.74) is 3.81. The van der Waals surface area contributed by atoms with Crippen molar-refractivity contribution in [3.05, 3.63) is 47.3 Å². The van der Waals surface area contributed by atoms with Crippen LogP contribution in [0.3, 0.4) is 0 Å². The van der Waals surface area contributed by atoms with Gasteiger partial charge in [-0.25, -0.2) is 4.68 Å². The van der Waals surface area contributed by atoms with Gasteiger partial charge >= 0.3 is 5.97 Å². The molecule has 1 fully saturated rings. The number of carboxylic acid groups (broad SMARTS) is 1. The number of carbonyl (C=O) groups is 2. The van der Waals surface area contributed by atoms with Gasteiger partial charge in [0.2, 0.25) is 5.91 Å². The van der Waals surface area contributed by atoms with Crippen molar-refractivity contribution in [3.63, 3.8) is 0 Å². The first-order valence-corrected chi connectivity index (χ1v) is 8.74. The fourth-order valence-electron chi connectivity index (χ4n) is 2.49. The highest BCUT2D eigenvalue weighted by Gasteiger charge is 2.32. The molecule has 0 saturated carbocycles. The zero-order chi connectivity index (χ0) is 18.7. The predicted octanol–water partition coefficient (Wildman–Crippen LogP) is 1.89. The zero-order valence-electron chi connectivity index (χ0n) is 14.2. The molecule has 2 N–H and O–H groups in total. The smallest absolute Gasteiger partial charge is 0.305 e. The summed E-state index contributed by atoms with van der Waals surface area (Å²) in [6.07, 6.45) is 1.32. The molecule has 0 aliphatic carbocycles. The van der Waals surface area contributed by atoms with E-state index in [-0.39, 0.29) is 12.3 Å². The average molecular weight is 371 g/mol. The number of amides is 1. The molecule has 1 atom stereocenters. The van der Waals surface area contributed by atoms with E-state index in [0.717, 1.165) is 34.4 Å². The molecule has 1 aromatic carbocycles. The highest BCUT2D eigenvalue weighted by molar-refractivity contribution is 8.15. The van der Waals surface area contributed by atoms with Crippen LogP contribution in [0.25, 0.3) is 5.69 Å². The number of nitrogens with zero attached hydrogens (tertiary/aromatic N) is 4. The molecular formula is C17H17N5O3S. The highest BCUT2D eigenvalue weighted by Crippen LogP contribution is 2.22. The van der Waals surface area contributed by atoms with E-state index in [1.807, 2.05) is 48.9 Å². The number of thioether (sulfide) groups is 1. The van der Waals surface area contributed by atoms with Crippen molar-refractivity contribution in [2.75, 3.05) is 0 Å². The molecule has 2 aromatic rings. The number of nitrogens with one attached hydrogen (secondary N) is 1. The summed E-state index contributed by atoms with van der Waals surface area (Å²) in [6, 6.07) is 9.66. The Kier molecular flexibility index (Phi) is 5.17. The van der Waals surface area contributed by atoms with Crippen LogP contribution in [0.1, 0.15) is 23.4 Å². The minimum atomic E-state index is -1.02. The highest BCUT2D eigenvalue weighted by atomic mass is 32.2. The van der Waals surface area contributed by atoms with E-state index in [1.54, 1.807) is 6.21 Å². The Morgan fingerprint density at radius 1 is 1.38 bits per heavy atom. The maximum absolute atomic E-state index is 11.6. The van der Waals surface area contributed by atoms with Crippen LogP contribution in [0.5, 0.6) is 0 Å². The van der Waals surface area contributed by atoms with E-state index in [4.69, 9.17) is 5.11 Å². The summed E-state index contributed by atoms with van der Waals surface area (Å²) in [7, 11) is 0. The van der Waals surface area contributed by atoms with Crippen LogP contribution in [0.4, 0.5) is 0 Å². The van der Waals surface area contributed by atoms with Crippen LogP contribution in [-0.4, -0.2) is 43.4 Å². The zero-order valence-corrected chi connectivity index (χ0v) is 15.0. The van der Waals surface area contributed by atoms with Crippen molar-refractivity contribution in [1.82, 2.24) is 15.1 Å². The SMILES string of the molecule is Cc1cc(C)n(-c2ccc(C=NN=C3NC(=O)C(CC(=O)O)S3)cc2)n1. The molecule has 26 heavy (non-hydrogen) atoms. The van der Waals surface area contributed by atoms with Crippen molar-refractivity contribution in [3.8, 4) is 5.69 Å². The maximum atomic E-state index is 11.6. The van der Waals surface area contributed by atoms with Crippen LogP contribution in [0, 0.1) is 13.8 Å². The van der Waals surface area contributed by atoms with Gasteiger partial charge < -0.3 is 10.4 Å². The number of rotatable bonds is 5. The van der Waals surface area contributed by atoms with Gasteiger partial charge in [0.25, 0.3) is 0 Å². The summed E-state index contributed by atoms with van der Waals surface area (Å²) in [4.78, 5) is 22.3. The summed E-state index contributed by atoms with van der Waals surface area (Å²) in [6.45, 7) is 3.95. The van der Waals surface area contributed by atoms with Crippen molar-refractivity contribution >= 4 is 35.0 Å². The predicted molar refractivity (Wildman–Crippen MR) is 99.8 cm³/mol. The van der Waals surface area contributed by atoms with Gasteiger partial charge in [0.1, 0.15) is 5.25 Å². The van der Waals surface area contributed by atoms with Crippen molar-refractivity contribution in [2.45, 2.75) is 25.5 Å².